The monoisotopic (exact) mass is 410 g/mol. The molecule has 0 spiro atoms. The van der Waals surface area contributed by atoms with Gasteiger partial charge < -0.3 is 15.0 Å². The number of halogens is 2. The number of amides is 1. The zero-order valence-electron chi connectivity index (χ0n) is 16.1. The molecule has 1 aliphatic heterocycles. The van der Waals surface area contributed by atoms with Crippen LogP contribution in [0.1, 0.15) is 18.4 Å². The van der Waals surface area contributed by atoms with Gasteiger partial charge in [0.2, 0.25) is 5.91 Å². The Bertz CT molecular complexity index is 1060. The van der Waals surface area contributed by atoms with Crippen molar-refractivity contribution in [3.8, 4) is 22.5 Å². The third kappa shape index (κ3) is 4.40. The van der Waals surface area contributed by atoms with E-state index in [1.165, 1.54) is 24.3 Å². The van der Waals surface area contributed by atoms with Crippen molar-refractivity contribution in [3.05, 3.63) is 71.8 Å². The van der Waals surface area contributed by atoms with Gasteiger partial charge in [0.1, 0.15) is 17.7 Å². The van der Waals surface area contributed by atoms with Crippen LogP contribution < -0.4 is 5.32 Å². The first-order chi connectivity index (χ1) is 14.5. The quantitative estimate of drug-likeness (QED) is 0.604. The molecule has 30 heavy (non-hydrogen) atoms. The minimum Gasteiger partial charge on any atom is -0.464 e. The number of nitrogens with one attached hydrogen (secondary N) is 2. The smallest absolute Gasteiger partial charge is 0.328 e. The number of benzene rings is 2. The molecule has 1 aromatic heterocycles. The number of aryl methyl sites for hydroxylation is 1. The molecule has 1 fully saturated rings. The number of aromatic amines is 1. The van der Waals surface area contributed by atoms with E-state index in [0.717, 1.165) is 28.1 Å². The number of cyclic esters (lactones) is 1. The van der Waals surface area contributed by atoms with E-state index in [-0.39, 0.29) is 24.0 Å². The fourth-order valence-electron chi connectivity index (χ4n) is 3.50. The van der Waals surface area contributed by atoms with Crippen LogP contribution in [0.5, 0.6) is 0 Å². The molecular weight excluding hydrogens is 390 g/mol. The third-order valence-corrected chi connectivity index (χ3v) is 5.08. The van der Waals surface area contributed by atoms with E-state index in [0.29, 0.717) is 19.4 Å². The zero-order valence-corrected chi connectivity index (χ0v) is 16.1. The molecule has 0 radical (unpaired) electrons. The molecule has 3 aromatic rings. The fourth-order valence-corrected chi connectivity index (χ4v) is 3.50. The average molecular weight is 410 g/mol. The molecule has 5 nitrogen and oxygen atoms in total. The molecule has 1 atom stereocenters. The van der Waals surface area contributed by atoms with E-state index < -0.39 is 12.0 Å². The van der Waals surface area contributed by atoms with Gasteiger partial charge in [-0.3, -0.25) is 4.79 Å². The molecule has 7 heteroatoms. The van der Waals surface area contributed by atoms with Gasteiger partial charge in [-0.15, -0.1) is 0 Å². The Morgan fingerprint density at radius 1 is 1.03 bits per heavy atom. The summed E-state index contributed by atoms with van der Waals surface area (Å²) in [6, 6.07) is 13.5. The van der Waals surface area contributed by atoms with Gasteiger partial charge in [-0.05, 0) is 77.7 Å². The predicted octanol–water partition coefficient (Wildman–Crippen LogP) is 3.99. The third-order valence-electron chi connectivity index (χ3n) is 5.08. The second-order valence-electron chi connectivity index (χ2n) is 7.17. The molecule has 2 N–H and O–H groups in total. The largest absolute Gasteiger partial charge is 0.464 e. The summed E-state index contributed by atoms with van der Waals surface area (Å²) in [5.74, 6) is -1.32. The first-order valence-electron chi connectivity index (χ1n) is 9.69. The van der Waals surface area contributed by atoms with E-state index in [4.69, 9.17) is 4.74 Å². The molecule has 0 bridgehead atoms. The van der Waals surface area contributed by atoms with Crippen LogP contribution >= 0.6 is 0 Å². The first kappa shape index (κ1) is 19.8. The number of H-pyrrole nitrogens is 1. The number of aromatic nitrogens is 1. The number of esters is 1. The summed E-state index contributed by atoms with van der Waals surface area (Å²) < 4.78 is 31.5. The number of carbonyl (C=O) groups excluding carboxylic acids is 2. The molecule has 0 saturated carbocycles. The highest BCUT2D eigenvalue weighted by molar-refractivity contribution is 5.85. The Labute approximate surface area is 172 Å². The summed E-state index contributed by atoms with van der Waals surface area (Å²) in [5, 5.41) is 2.70. The lowest BCUT2D eigenvalue weighted by molar-refractivity contribution is -0.141. The summed E-state index contributed by atoms with van der Waals surface area (Å²) in [4.78, 5) is 27.1. The van der Waals surface area contributed by atoms with E-state index >= 15 is 0 Å². The van der Waals surface area contributed by atoms with Crippen LogP contribution in [0.15, 0.2) is 54.6 Å². The van der Waals surface area contributed by atoms with Crippen molar-refractivity contribution in [3.63, 3.8) is 0 Å². The van der Waals surface area contributed by atoms with Crippen molar-refractivity contribution in [2.45, 2.75) is 25.3 Å². The first-order valence-corrected chi connectivity index (χ1v) is 9.69. The summed E-state index contributed by atoms with van der Waals surface area (Å²) >= 11 is 0. The number of ether oxygens (including phenoxy) is 1. The second-order valence-corrected chi connectivity index (χ2v) is 7.17. The van der Waals surface area contributed by atoms with Gasteiger partial charge in [0, 0.05) is 24.2 Å². The Balaban J connectivity index is 1.56. The standard InChI is InChI=1S/C23H20F2N2O3/c24-17-6-1-14(2-7-17)20-13-16(22(27-20)15-3-8-18(25)9-4-15)5-10-21(28)26-19-11-12-30-23(19)29/h1-4,6-9,13,19,27H,5,10-12H2,(H,26,28). The summed E-state index contributed by atoms with van der Waals surface area (Å²) in [5.41, 5.74) is 3.97. The molecule has 2 aromatic carbocycles. The highest BCUT2D eigenvalue weighted by Crippen LogP contribution is 2.30. The van der Waals surface area contributed by atoms with Crippen molar-refractivity contribution in [1.29, 1.82) is 0 Å². The SMILES string of the molecule is O=C(CCc1cc(-c2ccc(F)cc2)[nH]c1-c1ccc(F)cc1)NC1CCOC1=O. The van der Waals surface area contributed by atoms with Crippen LogP contribution in [-0.2, 0) is 20.7 Å². The number of hydrogen-bond donors (Lipinski definition) is 2. The van der Waals surface area contributed by atoms with Crippen LogP contribution in [0.4, 0.5) is 8.78 Å². The van der Waals surface area contributed by atoms with Gasteiger partial charge in [0.15, 0.2) is 0 Å². The molecule has 0 aliphatic carbocycles. The van der Waals surface area contributed by atoms with Crippen molar-refractivity contribution < 1.29 is 23.1 Å². The molecule has 154 valence electrons. The fraction of sp³-hybridized carbons (Fsp3) is 0.217. The van der Waals surface area contributed by atoms with Crippen molar-refractivity contribution in [2.75, 3.05) is 6.61 Å². The molecule has 1 aliphatic rings. The maximum Gasteiger partial charge on any atom is 0.328 e. The zero-order chi connectivity index (χ0) is 21.1. The van der Waals surface area contributed by atoms with E-state index in [2.05, 4.69) is 10.3 Å². The normalized spacial score (nSPS) is 15.8. The number of carbonyl (C=O) groups is 2. The van der Waals surface area contributed by atoms with Crippen molar-refractivity contribution >= 4 is 11.9 Å². The van der Waals surface area contributed by atoms with Gasteiger partial charge in [0.05, 0.1) is 6.61 Å². The van der Waals surface area contributed by atoms with E-state index in [1.807, 2.05) is 6.07 Å². The van der Waals surface area contributed by atoms with Gasteiger partial charge in [-0.2, -0.15) is 0 Å². The highest BCUT2D eigenvalue weighted by atomic mass is 19.1. The molecule has 1 amide bonds. The summed E-state index contributed by atoms with van der Waals surface area (Å²) in [6.07, 6.45) is 1.07. The maximum atomic E-state index is 13.4. The molecule has 1 saturated heterocycles. The Morgan fingerprint density at radius 3 is 2.27 bits per heavy atom. The van der Waals surface area contributed by atoms with Crippen LogP contribution in [0.3, 0.4) is 0 Å². The van der Waals surface area contributed by atoms with E-state index in [1.54, 1.807) is 24.3 Å². The van der Waals surface area contributed by atoms with Gasteiger partial charge in [-0.1, -0.05) is 0 Å². The number of rotatable bonds is 6. The maximum absolute atomic E-state index is 13.4. The highest BCUT2D eigenvalue weighted by Gasteiger charge is 2.27. The lowest BCUT2D eigenvalue weighted by Gasteiger charge is -2.09. The lowest BCUT2D eigenvalue weighted by Crippen LogP contribution is -2.37. The Hall–Kier alpha value is -3.48. The predicted molar refractivity (Wildman–Crippen MR) is 107 cm³/mol. The minimum absolute atomic E-state index is 0.179. The molecule has 4 rings (SSSR count). The van der Waals surface area contributed by atoms with Crippen molar-refractivity contribution in [2.24, 2.45) is 0 Å². The topological polar surface area (TPSA) is 71.2 Å². The van der Waals surface area contributed by atoms with E-state index in [9.17, 15) is 18.4 Å². The molecular formula is C23H20F2N2O3. The van der Waals surface area contributed by atoms with Crippen LogP contribution in [0.2, 0.25) is 0 Å². The average Bonchev–Trinajstić information content (AvgIpc) is 3.34. The van der Waals surface area contributed by atoms with Crippen LogP contribution in [-0.4, -0.2) is 29.5 Å². The van der Waals surface area contributed by atoms with Crippen LogP contribution in [0.25, 0.3) is 22.5 Å². The van der Waals surface area contributed by atoms with Crippen molar-refractivity contribution in [1.82, 2.24) is 10.3 Å². The molecule has 2 heterocycles. The summed E-state index contributed by atoms with van der Waals surface area (Å²) in [7, 11) is 0. The van der Waals surface area contributed by atoms with Gasteiger partial charge >= 0.3 is 5.97 Å². The molecule has 1 unspecified atom stereocenters. The Morgan fingerprint density at radius 2 is 1.67 bits per heavy atom. The minimum atomic E-state index is -0.588. The number of hydrogen-bond acceptors (Lipinski definition) is 3. The van der Waals surface area contributed by atoms with Gasteiger partial charge in [0.25, 0.3) is 0 Å². The lowest BCUT2D eigenvalue weighted by atomic mass is 10.0. The van der Waals surface area contributed by atoms with Crippen LogP contribution in [0, 0.1) is 11.6 Å². The Kier molecular flexibility index (Phi) is 5.61. The second kappa shape index (κ2) is 8.49. The summed E-state index contributed by atoms with van der Waals surface area (Å²) in [6.45, 7) is 0.317. The van der Waals surface area contributed by atoms with Gasteiger partial charge in [-0.25, -0.2) is 13.6 Å².